The van der Waals surface area contributed by atoms with Gasteiger partial charge in [-0.2, -0.15) is 26.7 Å². The zero-order chi connectivity index (χ0) is 27.5. The van der Waals surface area contributed by atoms with Crippen LogP contribution < -0.4 is 26.4 Å². The van der Waals surface area contributed by atoms with Crippen molar-refractivity contribution in [3.63, 3.8) is 0 Å². The van der Waals surface area contributed by atoms with E-state index in [1.54, 1.807) is 12.2 Å². The van der Waals surface area contributed by atoms with Crippen LogP contribution in [0, 0.1) is 0 Å². The molecule has 1 heterocycles. The van der Waals surface area contributed by atoms with Crippen LogP contribution in [-0.2, 0) is 4.33 Å². The summed E-state index contributed by atoms with van der Waals surface area (Å²) in [6, 6.07) is 2.67. The number of alkyl halides is 3. The van der Waals surface area contributed by atoms with Crippen molar-refractivity contribution in [3.05, 3.63) is 35.7 Å². The number of aromatic hydroxyl groups is 1. The first kappa shape index (κ1) is 32.9. The summed E-state index contributed by atoms with van der Waals surface area (Å²) in [5.74, 6) is 0.209. The summed E-state index contributed by atoms with van der Waals surface area (Å²) in [5, 5.41) is 14.1. The van der Waals surface area contributed by atoms with Crippen LogP contribution in [0.4, 0.5) is 13.2 Å². The van der Waals surface area contributed by atoms with Gasteiger partial charge in [0.1, 0.15) is 23.7 Å². The average Bonchev–Trinajstić information content (AvgIpc) is 2.73. The number of nitrogens with one attached hydrogen (secondary N) is 1. The fraction of sp³-hybridized carbons (Fsp3) is 0.565. The topological polar surface area (TPSA) is 118 Å². The van der Waals surface area contributed by atoms with Gasteiger partial charge in [-0.25, -0.2) is 0 Å². The molecule has 0 atom stereocenters. The quantitative estimate of drug-likeness (QED) is 0.0861. The van der Waals surface area contributed by atoms with Crippen LogP contribution in [0.1, 0.15) is 46.1 Å². The van der Waals surface area contributed by atoms with Gasteiger partial charge in [-0.3, -0.25) is 0 Å². The molecule has 0 amide bonds. The lowest BCUT2D eigenvalue weighted by Gasteiger charge is -2.49. The lowest BCUT2D eigenvalue weighted by molar-refractivity contribution is -0.206. The molecule has 0 aromatic heterocycles. The van der Waals surface area contributed by atoms with Crippen molar-refractivity contribution in [3.8, 4) is 17.2 Å². The van der Waals surface area contributed by atoms with Crippen LogP contribution in [-0.4, -0.2) is 58.9 Å². The minimum absolute atomic E-state index is 0. The van der Waals surface area contributed by atoms with E-state index in [4.69, 9.17) is 21.1 Å². The number of benzene rings is 1. The number of rotatable bonds is 9. The van der Waals surface area contributed by atoms with Crippen LogP contribution in [0.25, 0.3) is 5.70 Å². The second-order valence-corrected chi connectivity index (χ2v) is 10.8. The van der Waals surface area contributed by atoms with E-state index in [1.165, 1.54) is 13.2 Å². The van der Waals surface area contributed by atoms with Crippen LogP contribution in [0.2, 0.25) is 0 Å². The van der Waals surface area contributed by atoms with Crippen LogP contribution >= 0.6 is 25.7 Å². The van der Waals surface area contributed by atoms with Crippen molar-refractivity contribution in [1.82, 2.24) is 14.5 Å². The summed E-state index contributed by atoms with van der Waals surface area (Å²) < 4.78 is 47.3. The zero-order valence-electron chi connectivity index (χ0n) is 22.1. The molecule has 0 unspecified atom stereocenters. The van der Waals surface area contributed by atoms with Gasteiger partial charge in [0.05, 0.1) is 18.5 Å². The van der Waals surface area contributed by atoms with Crippen molar-refractivity contribution < 1.29 is 32.2 Å². The number of nitrogens with two attached hydrogens (primary N) is 2. The molecule has 1 aliphatic rings. The molecule has 0 spiro atoms. The Morgan fingerprint density at radius 2 is 1.70 bits per heavy atom. The molecular formula is C23H38F3N5O4S2. The molecule has 6 N–H and O–H groups in total. The maximum Gasteiger partial charge on any atom is 0.471 e. The van der Waals surface area contributed by atoms with Gasteiger partial charge in [0.25, 0.3) is 0 Å². The van der Waals surface area contributed by atoms with E-state index >= 15 is 0 Å². The van der Waals surface area contributed by atoms with Gasteiger partial charge in [-0.15, -0.1) is 4.31 Å². The molecule has 37 heavy (non-hydrogen) atoms. The second kappa shape index (κ2) is 12.6. The van der Waals surface area contributed by atoms with E-state index in [0.29, 0.717) is 5.82 Å². The Hall–Kier alpha value is -2.13. The van der Waals surface area contributed by atoms with Gasteiger partial charge in [0, 0.05) is 49.0 Å². The second-order valence-electron chi connectivity index (χ2n) is 9.99. The molecule has 9 nitrogen and oxygen atoms in total. The minimum Gasteiger partial charge on any atom is -0.507 e. The maximum atomic E-state index is 12.5. The maximum absolute atomic E-state index is 12.5. The third-order valence-corrected chi connectivity index (χ3v) is 6.31. The summed E-state index contributed by atoms with van der Waals surface area (Å²) in [4.78, 5) is 6.85. The minimum atomic E-state index is -4.61. The number of phenolic OH excluding ortho intramolecular Hbond substituents is 1. The molecular weight excluding hydrogens is 531 g/mol. The molecule has 1 aromatic rings. The van der Waals surface area contributed by atoms with Crippen LogP contribution in [0.15, 0.2) is 30.1 Å². The molecule has 14 heteroatoms. The average molecular weight is 570 g/mol. The summed E-state index contributed by atoms with van der Waals surface area (Å²) in [6.07, 6.45) is 0.381. The Kier molecular flexibility index (Phi) is 11.2. The van der Waals surface area contributed by atoms with E-state index in [9.17, 15) is 18.3 Å². The number of hydrogen-bond donors (Lipinski definition) is 4. The van der Waals surface area contributed by atoms with Gasteiger partial charge in [-0.05, 0) is 52.7 Å². The number of piperidine rings is 1. The number of allylic oxidation sites excluding steroid dienone is 2. The fourth-order valence-corrected chi connectivity index (χ4v) is 4.63. The highest BCUT2D eigenvalue weighted by atomic mass is 32.2. The van der Waals surface area contributed by atoms with Crippen molar-refractivity contribution in [2.45, 2.75) is 64.0 Å². The first-order valence-electron chi connectivity index (χ1n) is 11.1. The molecule has 1 fully saturated rings. The first-order chi connectivity index (χ1) is 16.5. The normalized spacial score (nSPS) is 18.4. The molecule has 0 bridgehead atoms. The fourth-order valence-electron chi connectivity index (χ4n) is 4.35. The number of methoxy groups -OCH3 is 1. The van der Waals surface area contributed by atoms with Gasteiger partial charge in [-0.1, -0.05) is 4.33 Å². The van der Waals surface area contributed by atoms with Crippen molar-refractivity contribution in [1.29, 1.82) is 0 Å². The Morgan fingerprint density at radius 1 is 1.14 bits per heavy atom. The molecule has 212 valence electrons. The Labute approximate surface area is 227 Å². The predicted octanol–water partition coefficient (Wildman–Crippen LogP) is 4.18. The Bertz CT molecular complexity index is 974. The Balaban J connectivity index is 0.00000684. The van der Waals surface area contributed by atoms with Gasteiger partial charge < -0.3 is 36.4 Å². The van der Waals surface area contributed by atoms with E-state index in [0.717, 1.165) is 26.0 Å². The molecule has 0 saturated carbocycles. The third kappa shape index (κ3) is 9.28. The van der Waals surface area contributed by atoms with Crippen LogP contribution in [0.5, 0.6) is 17.2 Å². The molecule has 2 rings (SSSR count). The zero-order valence-corrected chi connectivity index (χ0v) is 23.9. The van der Waals surface area contributed by atoms with E-state index in [-0.39, 0.29) is 75.7 Å². The highest BCUT2D eigenvalue weighted by Crippen LogP contribution is 2.38. The number of ether oxygens (including phenoxy) is 1. The summed E-state index contributed by atoms with van der Waals surface area (Å²) in [6.45, 7) is 8.64. The summed E-state index contributed by atoms with van der Waals surface area (Å²) in [7, 11) is 4.04. The van der Waals surface area contributed by atoms with E-state index in [1.807, 2.05) is 11.9 Å². The number of phenols is 1. The number of nitrogens with zero attached hydrogens (tertiary/aromatic N) is 2. The first-order valence-corrected chi connectivity index (χ1v) is 11.8. The van der Waals surface area contributed by atoms with E-state index < -0.39 is 6.30 Å². The third-order valence-electron chi connectivity index (χ3n) is 5.75. The highest BCUT2D eigenvalue weighted by molar-refractivity contribution is 7.92. The highest BCUT2D eigenvalue weighted by Gasteiger charge is 2.39. The summed E-state index contributed by atoms with van der Waals surface area (Å²) >= 11 is -0.0694. The monoisotopic (exact) mass is 569 g/mol. The smallest absolute Gasteiger partial charge is 0.471 e. The molecule has 1 aliphatic heterocycles. The van der Waals surface area contributed by atoms with Crippen LogP contribution in [0.3, 0.4) is 0 Å². The van der Waals surface area contributed by atoms with Gasteiger partial charge >= 0.3 is 6.30 Å². The Morgan fingerprint density at radius 3 is 2.22 bits per heavy atom. The van der Waals surface area contributed by atoms with Crippen molar-refractivity contribution >= 4 is 31.4 Å². The largest absolute Gasteiger partial charge is 0.507 e. The van der Waals surface area contributed by atoms with Crippen molar-refractivity contribution in [2.75, 3.05) is 21.2 Å². The molecule has 1 aromatic carbocycles. The lowest BCUT2D eigenvalue weighted by atomic mass is 9.79. The summed E-state index contributed by atoms with van der Waals surface area (Å²) in [5.41, 5.74) is 12.8. The van der Waals surface area contributed by atoms with Gasteiger partial charge in [0.2, 0.25) is 0 Å². The van der Waals surface area contributed by atoms with E-state index in [2.05, 4.69) is 37.3 Å². The van der Waals surface area contributed by atoms with Crippen molar-refractivity contribution in [2.24, 2.45) is 11.5 Å². The molecule has 1 saturated heterocycles. The number of hydrogen-bond acceptors (Lipinski definition) is 10. The molecule has 0 aliphatic carbocycles. The van der Waals surface area contributed by atoms with Gasteiger partial charge in [0.15, 0.2) is 5.75 Å². The molecule has 0 radical (unpaired) electrons. The lowest BCUT2D eigenvalue weighted by Crippen LogP contribution is -2.61. The number of halogens is 3. The standard InChI is InChI=1S/C23H36F3N5O4S.H2S/c1-21(2)12-14(13-22(3,4)29-21)30(5)19(28)9-8-16(27)20-17(32)10-15(11-18(20)33-7)34-35-36-31(6)23(24,25)26;/h8-11,14,29,32H,12-13,27-28H2,1-7H3;1H2/b16-8-,19-9+;. The SMILES string of the molecule is COc1cc(OOSN(C)C(F)(F)F)cc(O)c1/C(N)=C/C=C(\N)N(C)C1CC(C)(C)NC(C)(C)C1.S. The predicted molar refractivity (Wildman–Crippen MR) is 145 cm³/mol.